The minimum absolute atomic E-state index is 0.580. The first kappa shape index (κ1) is 20.5. The number of benzene rings is 1. The van der Waals surface area contributed by atoms with Crippen LogP contribution in [0.4, 0.5) is 0 Å². The van der Waals surface area contributed by atoms with Crippen molar-refractivity contribution >= 4 is 7.85 Å². The van der Waals surface area contributed by atoms with Crippen molar-refractivity contribution in [1.29, 1.82) is 0 Å². The van der Waals surface area contributed by atoms with Gasteiger partial charge in [-0.05, 0) is 28.8 Å². The molecule has 130 valence electrons. The van der Waals surface area contributed by atoms with E-state index in [0.29, 0.717) is 11.8 Å². The molecule has 0 amide bonds. The number of nitrogens with zero attached hydrogens (tertiary/aromatic N) is 1. The van der Waals surface area contributed by atoms with Crippen LogP contribution in [0.25, 0.3) is 0 Å². The van der Waals surface area contributed by atoms with Gasteiger partial charge in [0, 0.05) is 12.4 Å². The zero-order chi connectivity index (χ0) is 17.9. The summed E-state index contributed by atoms with van der Waals surface area (Å²) < 4.78 is 0. The Balaban J connectivity index is 0.000000240. The second-order valence-electron chi connectivity index (χ2n) is 7.31. The molecule has 0 aliphatic heterocycles. The van der Waals surface area contributed by atoms with E-state index in [1.807, 2.05) is 12.4 Å². The minimum Gasteiger partial charge on any atom is -0.264 e. The molecule has 1 aromatic carbocycles. The fourth-order valence-electron chi connectivity index (χ4n) is 2.57. The van der Waals surface area contributed by atoms with Crippen LogP contribution in [0.1, 0.15) is 88.2 Å². The monoisotopic (exact) mass is 323 g/mol. The summed E-state index contributed by atoms with van der Waals surface area (Å²) in [6.45, 7) is 11.0. The van der Waals surface area contributed by atoms with Gasteiger partial charge in [-0.25, -0.2) is 0 Å². The van der Waals surface area contributed by atoms with Crippen molar-refractivity contribution in [2.45, 2.75) is 71.5 Å². The average molecular weight is 323 g/mol. The van der Waals surface area contributed by atoms with Crippen molar-refractivity contribution < 1.29 is 0 Å². The van der Waals surface area contributed by atoms with E-state index in [4.69, 9.17) is 0 Å². The molecule has 0 aliphatic carbocycles. The second kappa shape index (κ2) is 11.1. The Hall–Kier alpha value is -1.57. The molecule has 1 heterocycles. The molecule has 24 heavy (non-hydrogen) atoms. The first-order valence-corrected chi connectivity index (χ1v) is 9.45. The molecular formula is C22H34BN. The van der Waals surface area contributed by atoms with Gasteiger partial charge in [0.05, 0.1) is 0 Å². The summed E-state index contributed by atoms with van der Waals surface area (Å²) in [5.74, 6) is 1.89. The summed E-state index contributed by atoms with van der Waals surface area (Å²) in [5.41, 5.74) is 4.15. The van der Waals surface area contributed by atoms with Crippen molar-refractivity contribution in [2.24, 2.45) is 0 Å². The highest BCUT2D eigenvalue weighted by Gasteiger charge is 2.03. The predicted molar refractivity (Wildman–Crippen MR) is 110 cm³/mol. The van der Waals surface area contributed by atoms with Crippen LogP contribution >= 0.6 is 0 Å². The Morgan fingerprint density at radius 2 is 1.42 bits per heavy atom. The molecule has 0 saturated carbocycles. The third kappa shape index (κ3) is 7.34. The fourth-order valence-corrected chi connectivity index (χ4v) is 2.57. The summed E-state index contributed by atoms with van der Waals surface area (Å²) in [6, 6.07) is 13.0. The van der Waals surface area contributed by atoms with Crippen LogP contribution in [0, 0.1) is 0 Å². The first-order chi connectivity index (χ1) is 11.5. The van der Waals surface area contributed by atoms with E-state index in [1.54, 1.807) is 0 Å². The number of unbranched alkanes of at least 4 members (excludes halogenated alkanes) is 1. The van der Waals surface area contributed by atoms with Gasteiger partial charge in [-0.1, -0.05) is 95.8 Å². The summed E-state index contributed by atoms with van der Waals surface area (Å²) in [4.78, 5) is 4.23. The molecule has 2 rings (SSSR count). The third-order valence-electron chi connectivity index (χ3n) is 4.47. The number of pyridine rings is 1. The highest BCUT2D eigenvalue weighted by Crippen LogP contribution is 2.19. The lowest BCUT2D eigenvalue weighted by molar-refractivity contribution is 0.700. The summed E-state index contributed by atoms with van der Waals surface area (Å²) in [7, 11) is 2.31. The lowest BCUT2D eigenvalue weighted by Crippen LogP contribution is -1.97. The summed E-state index contributed by atoms with van der Waals surface area (Å²) >= 11 is 0. The van der Waals surface area contributed by atoms with Crippen molar-refractivity contribution in [3.63, 3.8) is 0 Å². The summed E-state index contributed by atoms with van der Waals surface area (Å²) in [5, 5.41) is 0. The van der Waals surface area contributed by atoms with Gasteiger partial charge in [0.2, 0.25) is 0 Å². The minimum atomic E-state index is 0.580. The van der Waals surface area contributed by atoms with Gasteiger partial charge in [0.25, 0.3) is 0 Å². The molecular weight excluding hydrogens is 289 g/mol. The van der Waals surface area contributed by atoms with Crippen LogP contribution in [0.3, 0.4) is 0 Å². The number of aromatic nitrogens is 1. The van der Waals surface area contributed by atoms with Crippen LogP contribution in [0.15, 0.2) is 48.8 Å². The van der Waals surface area contributed by atoms with Gasteiger partial charge in [0.15, 0.2) is 0 Å². The Bertz CT molecular complexity index is 540. The van der Waals surface area contributed by atoms with Crippen LogP contribution in [0.5, 0.6) is 0 Å². The van der Waals surface area contributed by atoms with Crippen molar-refractivity contribution in [1.82, 2.24) is 4.98 Å². The van der Waals surface area contributed by atoms with Crippen LogP contribution in [-0.4, -0.2) is 12.8 Å². The average Bonchev–Trinajstić information content (AvgIpc) is 2.61. The largest absolute Gasteiger partial charge is 0.264 e. The predicted octanol–water partition coefficient (Wildman–Crippen LogP) is 5.88. The Labute approximate surface area is 150 Å². The SMILES string of the molecule is BC(CCCC)c1ccccc1.CC(C)c1cncc(C(C)C)c1. The molecule has 2 heteroatoms. The molecule has 0 radical (unpaired) electrons. The molecule has 0 saturated heterocycles. The van der Waals surface area contributed by atoms with E-state index in [-0.39, 0.29) is 0 Å². The van der Waals surface area contributed by atoms with Crippen LogP contribution in [-0.2, 0) is 0 Å². The highest BCUT2D eigenvalue weighted by molar-refractivity contribution is 6.12. The molecule has 0 N–H and O–H groups in total. The number of hydrogen-bond acceptors (Lipinski definition) is 1. The zero-order valence-electron chi connectivity index (χ0n) is 16.4. The van der Waals surface area contributed by atoms with Crippen LogP contribution < -0.4 is 0 Å². The second-order valence-corrected chi connectivity index (χ2v) is 7.31. The number of rotatable bonds is 6. The number of hydrogen-bond donors (Lipinski definition) is 0. The first-order valence-electron chi connectivity index (χ1n) is 9.45. The van der Waals surface area contributed by atoms with Gasteiger partial charge >= 0.3 is 0 Å². The molecule has 1 unspecified atom stereocenters. The lowest BCUT2D eigenvalue weighted by Gasteiger charge is -2.10. The van der Waals surface area contributed by atoms with Crippen LogP contribution in [0.2, 0.25) is 0 Å². The third-order valence-corrected chi connectivity index (χ3v) is 4.47. The van der Waals surface area contributed by atoms with Crippen molar-refractivity contribution in [3.05, 3.63) is 65.5 Å². The van der Waals surface area contributed by atoms with Crippen molar-refractivity contribution in [3.8, 4) is 0 Å². The van der Waals surface area contributed by atoms with Gasteiger partial charge in [0.1, 0.15) is 7.85 Å². The van der Waals surface area contributed by atoms with E-state index in [0.717, 1.165) is 5.82 Å². The normalized spacial score (nSPS) is 12.0. The molecule has 0 aliphatic rings. The maximum atomic E-state index is 4.23. The fraction of sp³-hybridized carbons (Fsp3) is 0.500. The van der Waals surface area contributed by atoms with E-state index < -0.39 is 0 Å². The molecule has 0 bridgehead atoms. The van der Waals surface area contributed by atoms with E-state index >= 15 is 0 Å². The Kier molecular flexibility index (Phi) is 9.45. The molecule has 1 nitrogen and oxygen atoms in total. The highest BCUT2D eigenvalue weighted by atomic mass is 14.6. The molecule has 0 spiro atoms. The van der Waals surface area contributed by atoms with E-state index in [1.165, 1.54) is 36.0 Å². The van der Waals surface area contributed by atoms with E-state index in [2.05, 4.69) is 83.8 Å². The van der Waals surface area contributed by atoms with Crippen molar-refractivity contribution in [2.75, 3.05) is 0 Å². The maximum absolute atomic E-state index is 4.23. The van der Waals surface area contributed by atoms with E-state index in [9.17, 15) is 0 Å². The Morgan fingerprint density at radius 3 is 1.88 bits per heavy atom. The zero-order valence-corrected chi connectivity index (χ0v) is 16.4. The Morgan fingerprint density at radius 1 is 0.875 bits per heavy atom. The smallest absolute Gasteiger partial charge is 0.111 e. The van der Waals surface area contributed by atoms with Gasteiger partial charge in [-0.15, -0.1) is 0 Å². The molecule has 1 aromatic heterocycles. The quantitative estimate of drug-likeness (QED) is 0.605. The standard InChI is InChI=1S/C11H17B.C11H17N/c1-2-3-9-11(12)10-7-5-4-6-8-10;1-8(2)10-5-11(9(3)4)7-12-6-10/h4-8,11H,2-3,9,12H2,1H3;5-9H,1-4H3. The maximum Gasteiger partial charge on any atom is 0.111 e. The lowest BCUT2D eigenvalue weighted by atomic mass is 9.78. The van der Waals surface area contributed by atoms with Gasteiger partial charge < -0.3 is 0 Å². The topological polar surface area (TPSA) is 12.9 Å². The molecule has 1 atom stereocenters. The van der Waals surface area contributed by atoms with Gasteiger partial charge in [-0.3, -0.25) is 4.98 Å². The molecule has 0 fully saturated rings. The summed E-state index contributed by atoms with van der Waals surface area (Å²) in [6.07, 6.45) is 7.88. The molecule has 2 aromatic rings. The van der Waals surface area contributed by atoms with Gasteiger partial charge in [-0.2, -0.15) is 0 Å².